The monoisotopic (exact) mass is 147 g/mol. The first kappa shape index (κ1) is 9.31. The van der Waals surface area contributed by atoms with Gasteiger partial charge in [0.15, 0.2) is 0 Å². The zero-order valence-corrected chi connectivity index (χ0v) is 7.04. The lowest BCUT2D eigenvalue weighted by molar-refractivity contribution is 0.732. The molecule has 2 heteroatoms. The van der Waals surface area contributed by atoms with E-state index in [2.05, 4.69) is 6.92 Å². The lowest BCUT2D eigenvalue weighted by Gasteiger charge is -1.96. The van der Waals surface area contributed by atoms with Gasteiger partial charge in [0, 0.05) is 0 Å². The second-order valence-corrected chi connectivity index (χ2v) is 3.44. The third kappa shape index (κ3) is 8.31. The molecule has 0 saturated carbocycles. The van der Waals surface area contributed by atoms with Gasteiger partial charge in [0.25, 0.3) is 0 Å². The molecule has 0 aromatic carbocycles. The number of thioether (sulfide) groups is 1. The minimum atomic E-state index is 0.858. The van der Waals surface area contributed by atoms with Crippen molar-refractivity contribution in [1.29, 1.82) is 0 Å². The summed E-state index contributed by atoms with van der Waals surface area (Å²) < 4.78 is 0. The molecule has 0 bridgehead atoms. The van der Waals surface area contributed by atoms with Crippen LogP contribution in [0.3, 0.4) is 0 Å². The molecule has 2 N–H and O–H groups in total. The lowest BCUT2D eigenvalue weighted by atomic mass is 10.2. The summed E-state index contributed by atoms with van der Waals surface area (Å²) in [6.45, 7) is 3.06. The maximum Gasteiger partial charge on any atom is -0.00676 e. The van der Waals surface area contributed by atoms with E-state index in [0.29, 0.717) is 0 Å². The van der Waals surface area contributed by atoms with Crippen LogP contribution < -0.4 is 5.73 Å². The van der Waals surface area contributed by atoms with Crippen molar-refractivity contribution in [2.45, 2.75) is 26.2 Å². The predicted molar refractivity (Wildman–Crippen MR) is 45.9 cm³/mol. The Bertz CT molecular complexity index is 42.2. The lowest BCUT2D eigenvalue weighted by Crippen LogP contribution is -1.97. The fraction of sp³-hybridized carbons (Fsp3) is 1.00. The van der Waals surface area contributed by atoms with Gasteiger partial charge in [0.2, 0.25) is 0 Å². The number of unbranched alkanes of at least 4 members (excludes halogenated alkanes) is 2. The van der Waals surface area contributed by atoms with Crippen LogP contribution in [0.1, 0.15) is 26.2 Å². The summed E-state index contributed by atoms with van der Waals surface area (Å²) in [6, 6.07) is 0. The van der Waals surface area contributed by atoms with Gasteiger partial charge in [-0.1, -0.05) is 13.3 Å². The Morgan fingerprint density at radius 3 is 2.56 bits per heavy atom. The second kappa shape index (κ2) is 8.31. The van der Waals surface area contributed by atoms with E-state index in [-0.39, 0.29) is 0 Å². The minimum absolute atomic E-state index is 0.858. The molecule has 0 aromatic rings. The van der Waals surface area contributed by atoms with E-state index >= 15 is 0 Å². The molecule has 0 aromatic heterocycles. The van der Waals surface area contributed by atoms with E-state index in [4.69, 9.17) is 5.73 Å². The Labute approximate surface area is 62.4 Å². The molecule has 0 rings (SSSR count). The summed E-state index contributed by atoms with van der Waals surface area (Å²) in [4.78, 5) is 0. The zero-order valence-electron chi connectivity index (χ0n) is 6.23. The van der Waals surface area contributed by atoms with E-state index in [1.54, 1.807) is 0 Å². The number of nitrogens with two attached hydrogens (primary N) is 1. The van der Waals surface area contributed by atoms with Crippen LogP contribution in [0.15, 0.2) is 0 Å². The van der Waals surface area contributed by atoms with Crippen LogP contribution in [-0.4, -0.2) is 18.1 Å². The molecule has 0 radical (unpaired) electrons. The first-order chi connectivity index (χ1) is 4.41. The van der Waals surface area contributed by atoms with Gasteiger partial charge in [-0.2, -0.15) is 11.8 Å². The highest BCUT2D eigenvalue weighted by Crippen LogP contribution is 2.04. The highest BCUT2D eigenvalue weighted by Gasteiger charge is 1.85. The molecular formula is C7H17NS. The summed E-state index contributed by atoms with van der Waals surface area (Å²) in [5, 5.41) is 0. The Morgan fingerprint density at radius 2 is 2.00 bits per heavy atom. The SMILES string of the molecule is CCSCCCCCN. The van der Waals surface area contributed by atoms with Crippen molar-refractivity contribution in [2.75, 3.05) is 18.1 Å². The molecule has 0 atom stereocenters. The first-order valence-corrected chi connectivity index (χ1v) is 4.85. The van der Waals surface area contributed by atoms with E-state index in [9.17, 15) is 0 Å². The average Bonchev–Trinajstić information content (AvgIpc) is 1.89. The largest absolute Gasteiger partial charge is 0.330 e. The predicted octanol–water partition coefficient (Wildman–Crippen LogP) is 1.87. The van der Waals surface area contributed by atoms with Gasteiger partial charge in [0.05, 0.1) is 0 Å². The summed E-state index contributed by atoms with van der Waals surface area (Å²) in [7, 11) is 0. The highest BCUT2D eigenvalue weighted by atomic mass is 32.2. The molecule has 0 saturated heterocycles. The Hall–Kier alpha value is 0.310. The summed E-state index contributed by atoms with van der Waals surface area (Å²) in [5.74, 6) is 2.57. The van der Waals surface area contributed by atoms with Crippen LogP contribution in [0.4, 0.5) is 0 Å². The quantitative estimate of drug-likeness (QED) is 0.580. The maximum absolute atomic E-state index is 5.34. The van der Waals surface area contributed by atoms with Crippen LogP contribution in [0, 0.1) is 0 Å². The standard InChI is InChI=1S/C7H17NS/c1-2-9-7-5-3-4-6-8/h2-8H2,1H3. The molecule has 0 aliphatic carbocycles. The fourth-order valence-electron chi connectivity index (χ4n) is 0.670. The average molecular weight is 147 g/mol. The Balaban J connectivity index is 2.60. The van der Waals surface area contributed by atoms with Crippen LogP contribution in [-0.2, 0) is 0 Å². The van der Waals surface area contributed by atoms with E-state index in [0.717, 1.165) is 6.54 Å². The number of rotatable bonds is 6. The van der Waals surface area contributed by atoms with Gasteiger partial charge < -0.3 is 5.73 Å². The second-order valence-electron chi connectivity index (χ2n) is 2.05. The van der Waals surface area contributed by atoms with Gasteiger partial charge in [-0.3, -0.25) is 0 Å². The van der Waals surface area contributed by atoms with Crippen molar-refractivity contribution in [3.8, 4) is 0 Å². The molecule has 1 nitrogen and oxygen atoms in total. The molecule has 0 fully saturated rings. The van der Waals surface area contributed by atoms with E-state index < -0.39 is 0 Å². The fourth-order valence-corrected chi connectivity index (χ4v) is 1.37. The molecule has 0 aliphatic rings. The molecule has 0 spiro atoms. The van der Waals surface area contributed by atoms with Crippen LogP contribution in [0.2, 0.25) is 0 Å². The normalized spacial score (nSPS) is 10.0. The van der Waals surface area contributed by atoms with Crippen LogP contribution in [0.5, 0.6) is 0 Å². The van der Waals surface area contributed by atoms with E-state index in [1.807, 2.05) is 11.8 Å². The first-order valence-electron chi connectivity index (χ1n) is 3.69. The molecule has 0 unspecified atom stereocenters. The summed E-state index contributed by atoms with van der Waals surface area (Å²) in [5.41, 5.74) is 5.34. The van der Waals surface area contributed by atoms with Crippen molar-refractivity contribution in [2.24, 2.45) is 5.73 Å². The maximum atomic E-state index is 5.34. The van der Waals surface area contributed by atoms with Gasteiger partial charge >= 0.3 is 0 Å². The molecule has 9 heavy (non-hydrogen) atoms. The van der Waals surface area contributed by atoms with E-state index in [1.165, 1.54) is 30.8 Å². The molecule has 0 aliphatic heterocycles. The molecule has 0 heterocycles. The topological polar surface area (TPSA) is 26.0 Å². The minimum Gasteiger partial charge on any atom is -0.330 e. The van der Waals surface area contributed by atoms with Crippen molar-refractivity contribution in [3.05, 3.63) is 0 Å². The molecule has 56 valence electrons. The van der Waals surface area contributed by atoms with Crippen LogP contribution in [0.25, 0.3) is 0 Å². The van der Waals surface area contributed by atoms with Crippen molar-refractivity contribution in [1.82, 2.24) is 0 Å². The number of hydrogen-bond donors (Lipinski definition) is 1. The van der Waals surface area contributed by atoms with Gasteiger partial charge in [-0.15, -0.1) is 0 Å². The molecular weight excluding hydrogens is 130 g/mol. The Kier molecular flexibility index (Phi) is 8.60. The smallest absolute Gasteiger partial charge is 0.00676 e. The third-order valence-corrected chi connectivity index (χ3v) is 2.18. The summed E-state index contributed by atoms with van der Waals surface area (Å²) >= 11 is 2.02. The zero-order chi connectivity index (χ0) is 6.95. The Morgan fingerprint density at radius 1 is 1.22 bits per heavy atom. The molecule has 0 amide bonds. The van der Waals surface area contributed by atoms with Crippen molar-refractivity contribution >= 4 is 11.8 Å². The van der Waals surface area contributed by atoms with Gasteiger partial charge in [-0.05, 0) is 30.9 Å². The highest BCUT2D eigenvalue weighted by molar-refractivity contribution is 7.99. The number of hydrogen-bond acceptors (Lipinski definition) is 2. The van der Waals surface area contributed by atoms with Gasteiger partial charge in [0.1, 0.15) is 0 Å². The van der Waals surface area contributed by atoms with Crippen LogP contribution >= 0.6 is 11.8 Å². The summed E-state index contributed by atoms with van der Waals surface area (Å²) in [6.07, 6.45) is 3.85. The van der Waals surface area contributed by atoms with Crippen molar-refractivity contribution < 1.29 is 0 Å². The third-order valence-electron chi connectivity index (χ3n) is 1.20. The van der Waals surface area contributed by atoms with Crippen molar-refractivity contribution in [3.63, 3.8) is 0 Å². The van der Waals surface area contributed by atoms with Gasteiger partial charge in [-0.25, -0.2) is 0 Å².